The fourth-order valence-corrected chi connectivity index (χ4v) is 5.09. The molecule has 1 heterocycles. The molecule has 0 bridgehead atoms. The van der Waals surface area contributed by atoms with Crippen LogP contribution in [-0.2, 0) is 11.2 Å². The molecule has 0 aliphatic rings. The van der Waals surface area contributed by atoms with Gasteiger partial charge in [-0.3, -0.25) is 9.59 Å². The van der Waals surface area contributed by atoms with Crippen molar-refractivity contribution in [3.8, 4) is 11.5 Å². The van der Waals surface area contributed by atoms with Gasteiger partial charge in [0.1, 0.15) is 5.82 Å². The summed E-state index contributed by atoms with van der Waals surface area (Å²) >= 11 is 10.6. The normalized spacial score (nSPS) is 11.2. The third kappa shape index (κ3) is 6.59. The fraction of sp³-hybridized carbons (Fsp3) is 0.214. The summed E-state index contributed by atoms with van der Waals surface area (Å²) < 4.78 is 14.9. The van der Waals surface area contributed by atoms with E-state index in [1.807, 2.05) is 51.1 Å². The average molecular weight is 721 g/mol. The molecule has 0 saturated carbocycles. The molecule has 0 fully saturated rings. The van der Waals surface area contributed by atoms with Crippen molar-refractivity contribution in [1.29, 1.82) is 0 Å². The van der Waals surface area contributed by atoms with Crippen LogP contribution in [0.4, 0.5) is 5.69 Å². The third-order valence-corrected chi connectivity index (χ3v) is 8.36. The lowest BCUT2D eigenvalue weighted by Gasteiger charge is -2.16. The maximum atomic E-state index is 13.2. The zero-order valence-electron chi connectivity index (χ0n) is 21.4. The van der Waals surface area contributed by atoms with Crippen molar-refractivity contribution in [1.82, 2.24) is 9.66 Å². The Balaban J connectivity index is 1.64. The van der Waals surface area contributed by atoms with Gasteiger partial charge >= 0.3 is 0 Å². The van der Waals surface area contributed by atoms with E-state index in [-0.39, 0.29) is 18.1 Å². The van der Waals surface area contributed by atoms with Crippen molar-refractivity contribution in [3.63, 3.8) is 0 Å². The van der Waals surface area contributed by atoms with Crippen LogP contribution in [0.5, 0.6) is 11.5 Å². The summed E-state index contributed by atoms with van der Waals surface area (Å²) in [5.41, 5.74) is 2.65. The first kappa shape index (κ1) is 29.0. The minimum Gasteiger partial charge on any atom is -0.490 e. The fourth-order valence-electron chi connectivity index (χ4n) is 3.80. The highest BCUT2D eigenvalue weighted by molar-refractivity contribution is 9.13. The van der Waals surface area contributed by atoms with Crippen molar-refractivity contribution in [2.75, 3.05) is 18.5 Å². The van der Waals surface area contributed by atoms with E-state index >= 15 is 0 Å². The van der Waals surface area contributed by atoms with Crippen LogP contribution in [0.3, 0.4) is 0 Å². The summed E-state index contributed by atoms with van der Waals surface area (Å²) in [7, 11) is 0. The number of halogens is 3. The second-order valence-electron chi connectivity index (χ2n) is 8.41. The molecule has 3 aromatic carbocycles. The summed E-state index contributed by atoms with van der Waals surface area (Å²) in [5.74, 6) is 1.01. The molecule has 1 aromatic heterocycles. The van der Waals surface area contributed by atoms with E-state index in [1.54, 1.807) is 24.4 Å². The SMILES string of the molecule is CCOc1cc(C=Nn2c(CC)nc3ccc(Br)cc3c2=O)c(Br)c(Br)c1OCC(=O)Nc1ccccc1C. The van der Waals surface area contributed by atoms with Gasteiger partial charge < -0.3 is 14.8 Å². The molecule has 202 valence electrons. The van der Waals surface area contributed by atoms with E-state index in [1.165, 1.54) is 4.68 Å². The van der Waals surface area contributed by atoms with Crippen molar-refractivity contribution in [2.45, 2.75) is 27.2 Å². The molecule has 0 aliphatic carbocycles. The van der Waals surface area contributed by atoms with Gasteiger partial charge in [0.2, 0.25) is 0 Å². The number of nitrogens with one attached hydrogen (secondary N) is 1. The van der Waals surface area contributed by atoms with Crippen LogP contribution in [-0.4, -0.2) is 35.0 Å². The Morgan fingerprint density at radius 3 is 2.56 bits per heavy atom. The number of hydrogen-bond acceptors (Lipinski definition) is 6. The highest BCUT2D eigenvalue weighted by atomic mass is 79.9. The number of nitrogens with zero attached hydrogens (tertiary/aromatic N) is 3. The lowest BCUT2D eigenvalue weighted by atomic mass is 10.2. The molecule has 1 amide bonds. The summed E-state index contributed by atoms with van der Waals surface area (Å²) in [6, 6.07) is 14.6. The molecule has 0 unspecified atom stereocenters. The minimum absolute atomic E-state index is 0.222. The van der Waals surface area contributed by atoms with Crippen LogP contribution >= 0.6 is 47.8 Å². The van der Waals surface area contributed by atoms with E-state index in [0.29, 0.717) is 55.8 Å². The first-order valence-electron chi connectivity index (χ1n) is 12.1. The second kappa shape index (κ2) is 12.9. The quantitative estimate of drug-likeness (QED) is 0.191. The Bertz CT molecular complexity index is 1640. The molecule has 0 spiro atoms. The van der Waals surface area contributed by atoms with Gasteiger partial charge in [0.15, 0.2) is 18.1 Å². The summed E-state index contributed by atoms with van der Waals surface area (Å²) in [5, 5.41) is 7.79. The van der Waals surface area contributed by atoms with Gasteiger partial charge in [0.25, 0.3) is 11.5 Å². The third-order valence-electron chi connectivity index (χ3n) is 5.73. The zero-order valence-corrected chi connectivity index (χ0v) is 26.2. The van der Waals surface area contributed by atoms with Gasteiger partial charge in [-0.2, -0.15) is 9.78 Å². The number of anilines is 1. The molecule has 8 nitrogen and oxygen atoms in total. The maximum Gasteiger partial charge on any atom is 0.282 e. The number of ether oxygens (including phenoxy) is 2. The lowest BCUT2D eigenvalue weighted by Crippen LogP contribution is -2.22. The minimum atomic E-state index is -0.303. The van der Waals surface area contributed by atoms with Crippen LogP contribution < -0.4 is 20.3 Å². The number of fused-ring (bicyclic) bond motifs is 1. The van der Waals surface area contributed by atoms with Gasteiger partial charge in [-0.15, -0.1) is 0 Å². The number of carbonyl (C=O) groups excluding carboxylic acids is 1. The van der Waals surface area contributed by atoms with E-state index in [9.17, 15) is 9.59 Å². The van der Waals surface area contributed by atoms with E-state index in [4.69, 9.17) is 9.47 Å². The molecule has 4 rings (SSSR count). The number of benzene rings is 3. The standard InChI is InChI=1S/C28H25Br3N4O4/c1-4-23-33-21-11-10-18(29)13-19(21)28(37)35(23)32-14-17-12-22(38-5-2)27(26(31)25(17)30)39-15-24(36)34-20-9-7-6-8-16(20)3/h6-14H,4-5,15H2,1-3H3,(H,34,36). The predicted molar refractivity (Wildman–Crippen MR) is 164 cm³/mol. The average Bonchev–Trinajstić information content (AvgIpc) is 2.92. The van der Waals surface area contributed by atoms with Crippen molar-refractivity contribution in [3.05, 3.63) is 89.3 Å². The molecule has 0 atom stereocenters. The van der Waals surface area contributed by atoms with Crippen LogP contribution in [0.2, 0.25) is 0 Å². The Labute approximate surface area is 250 Å². The Kier molecular flexibility index (Phi) is 9.58. The molecule has 39 heavy (non-hydrogen) atoms. The Morgan fingerprint density at radius 1 is 1.08 bits per heavy atom. The first-order valence-corrected chi connectivity index (χ1v) is 14.5. The molecular weight excluding hydrogens is 696 g/mol. The highest BCUT2D eigenvalue weighted by Gasteiger charge is 2.19. The molecule has 4 aromatic rings. The van der Waals surface area contributed by atoms with E-state index < -0.39 is 0 Å². The van der Waals surface area contributed by atoms with Crippen molar-refractivity contribution >= 4 is 76.5 Å². The number of amides is 1. The second-order valence-corrected chi connectivity index (χ2v) is 10.9. The molecule has 0 aliphatic heterocycles. The molecule has 0 saturated heterocycles. The lowest BCUT2D eigenvalue weighted by molar-refractivity contribution is -0.118. The smallest absolute Gasteiger partial charge is 0.282 e. The van der Waals surface area contributed by atoms with Gasteiger partial charge in [0.05, 0.1) is 28.2 Å². The van der Waals surface area contributed by atoms with E-state index in [0.717, 1.165) is 15.7 Å². The molecular formula is C28H25Br3N4O4. The van der Waals surface area contributed by atoms with Gasteiger partial charge in [0, 0.05) is 26.6 Å². The summed E-state index contributed by atoms with van der Waals surface area (Å²) in [4.78, 5) is 30.4. The van der Waals surface area contributed by atoms with Gasteiger partial charge in [-0.25, -0.2) is 4.98 Å². The molecule has 0 radical (unpaired) electrons. The van der Waals surface area contributed by atoms with Gasteiger partial charge in [-0.05, 0) is 81.6 Å². The number of rotatable bonds is 9. The number of carbonyl (C=O) groups is 1. The largest absolute Gasteiger partial charge is 0.490 e. The monoisotopic (exact) mass is 718 g/mol. The zero-order chi connectivity index (χ0) is 28.1. The maximum absolute atomic E-state index is 13.2. The summed E-state index contributed by atoms with van der Waals surface area (Å²) in [6.07, 6.45) is 2.07. The number of para-hydroxylation sites is 1. The molecule has 1 N–H and O–H groups in total. The van der Waals surface area contributed by atoms with Crippen molar-refractivity contribution < 1.29 is 14.3 Å². The van der Waals surface area contributed by atoms with Crippen molar-refractivity contribution in [2.24, 2.45) is 5.10 Å². The van der Waals surface area contributed by atoms with Crippen LogP contribution in [0.15, 0.2) is 71.8 Å². The number of hydrogen-bond donors (Lipinski definition) is 1. The van der Waals surface area contributed by atoms with Crippen LogP contribution in [0, 0.1) is 6.92 Å². The van der Waals surface area contributed by atoms with Crippen LogP contribution in [0.25, 0.3) is 10.9 Å². The predicted octanol–water partition coefficient (Wildman–Crippen LogP) is 6.85. The Hall–Kier alpha value is -3.02. The topological polar surface area (TPSA) is 94.8 Å². The van der Waals surface area contributed by atoms with Gasteiger partial charge in [-0.1, -0.05) is 41.1 Å². The highest BCUT2D eigenvalue weighted by Crippen LogP contribution is 2.42. The van der Waals surface area contributed by atoms with Crippen LogP contribution in [0.1, 0.15) is 30.8 Å². The Morgan fingerprint density at radius 2 is 1.85 bits per heavy atom. The number of aromatic nitrogens is 2. The molecule has 11 heteroatoms. The van der Waals surface area contributed by atoms with E-state index in [2.05, 4.69) is 63.2 Å². The first-order chi connectivity index (χ1) is 18.7. The number of aryl methyl sites for hydroxylation is 2. The summed E-state index contributed by atoms with van der Waals surface area (Å²) in [6.45, 7) is 5.84.